The molecule has 0 spiro atoms. The zero-order chi connectivity index (χ0) is 22.5. The summed E-state index contributed by atoms with van der Waals surface area (Å²) < 4.78 is 33.4. The molecule has 0 N–H and O–H groups in total. The largest absolute Gasteiger partial charge is 0.469 e. The summed E-state index contributed by atoms with van der Waals surface area (Å²) in [5.41, 5.74) is 3.77. The molecule has 0 bridgehead atoms. The summed E-state index contributed by atoms with van der Waals surface area (Å²) in [4.78, 5) is 0.464. The van der Waals surface area contributed by atoms with Crippen molar-refractivity contribution in [2.24, 2.45) is 0 Å². The minimum atomic E-state index is -3.45. The second-order valence-corrected chi connectivity index (χ2v) is 17.9. The van der Waals surface area contributed by atoms with Gasteiger partial charge in [-0.3, -0.25) is 0 Å². The van der Waals surface area contributed by atoms with Gasteiger partial charge in [0.05, 0.1) is 16.4 Å². The van der Waals surface area contributed by atoms with Crippen LogP contribution in [0.5, 0.6) is 0 Å². The first-order valence-electron chi connectivity index (χ1n) is 11.7. The van der Waals surface area contributed by atoms with E-state index in [4.69, 9.17) is 4.42 Å². The number of rotatable bonds is 9. The molecule has 1 unspecified atom stereocenters. The second kappa shape index (κ2) is 10.3. The molecular formula is C26H38O3SSi. The monoisotopic (exact) mass is 458 g/mol. The fourth-order valence-electron chi connectivity index (χ4n) is 4.66. The molecule has 31 heavy (non-hydrogen) atoms. The van der Waals surface area contributed by atoms with Crippen LogP contribution in [0.25, 0.3) is 0 Å². The number of sulfone groups is 1. The Labute approximate surface area is 189 Å². The van der Waals surface area contributed by atoms with Gasteiger partial charge < -0.3 is 4.42 Å². The minimum absolute atomic E-state index is 0.426. The summed E-state index contributed by atoms with van der Waals surface area (Å²) in [6.45, 7) is 9.07. The van der Waals surface area contributed by atoms with Crippen molar-refractivity contribution in [3.8, 4) is 0 Å². The van der Waals surface area contributed by atoms with Crippen molar-refractivity contribution in [1.29, 1.82) is 0 Å². The van der Waals surface area contributed by atoms with Crippen LogP contribution in [0.15, 0.2) is 63.1 Å². The highest BCUT2D eigenvalue weighted by Gasteiger charge is 2.34. The van der Waals surface area contributed by atoms with Gasteiger partial charge in [0, 0.05) is 14.5 Å². The van der Waals surface area contributed by atoms with E-state index in [1.54, 1.807) is 18.4 Å². The lowest BCUT2D eigenvalue weighted by molar-refractivity contribution is 0.495. The molecule has 2 aromatic rings. The van der Waals surface area contributed by atoms with Gasteiger partial charge in [-0.05, 0) is 75.8 Å². The minimum Gasteiger partial charge on any atom is -0.469 e. The molecule has 0 radical (unpaired) electrons. The number of hydrogen-bond acceptors (Lipinski definition) is 3. The average molecular weight is 459 g/mol. The highest BCUT2D eigenvalue weighted by Crippen LogP contribution is 2.37. The molecule has 1 aliphatic rings. The second-order valence-electron chi connectivity index (χ2n) is 10.2. The Bertz CT molecular complexity index is 957. The predicted octanol–water partition coefficient (Wildman–Crippen LogP) is 7.35. The topological polar surface area (TPSA) is 47.3 Å². The van der Waals surface area contributed by atoms with Crippen LogP contribution >= 0.6 is 0 Å². The van der Waals surface area contributed by atoms with Crippen LogP contribution in [-0.2, 0) is 16.3 Å². The van der Waals surface area contributed by atoms with Crippen LogP contribution in [0.4, 0.5) is 0 Å². The third-order valence-electron chi connectivity index (χ3n) is 6.21. The Morgan fingerprint density at radius 1 is 1.03 bits per heavy atom. The molecule has 1 atom stereocenters. The van der Waals surface area contributed by atoms with Gasteiger partial charge in [-0.1, -0.05) is 54.9 Å². The molecule has 1 fully saturated rings. The van der Waals surface area contributed by atoms with Gasteiger partial charge in [0.1, 0.15) is 5.76 Å². The zero-order valence-electron chi connectivity index (χ0n) is 19.6. The normalized spacial score (nSPS) is 16.3. The lowest BCUT2D eigenvalue weighted by Crippen LogP contribution is -2.31. The molecule has 0 aliphatic heterocycles. The standard InChI is InChI=1S/C26H38O3SSi/c1-21-15-17-24(18-16-21)30(27,28)26(14-8-12-23-13-9-19-29-23)25(20-31(2,3)4)22-10-6-5-7-11-22/h9,13,15-19,26H,5-8,10-12,14,20H2,1-4H3. The van der Waals surface area contributed by atoms with Crippen LogP contribution < -0.4 is 0 Å². The lowest BCUT2D eigenvalue weighted by atomic mass is 9.89. The summed E-state index contributed by atoms with van der Waals surface area (Å²) in [5.74, 6) is 0.934. The number of allylic oxidation sites excluding steroid dienone is 1. The number of hydrogen-bond donors (Lipinski definition) is 0. The molecule has 1 heterocycles. The Morgan fingerprint density at radius 2 is 1.71 bits per heavy atom. The van der Waals surface area contributed by atoms with Crippen LogP contribution in [0, 0.1) is 6.92 Å². The molecule has 5 heteroatoms. The molecule has 0 amide bonds. The molecule has 1 saturated carbocycles. The summed E-state index contributed by atoms with van der Waals surface area (Å²) >= 11 is 0. The number of benzene rings is 1. The molecule has 170 valence electrons. The summed E-state index contributed by atoms with van der Waals surface area (Å²) in [6.07, 6.45) is 9.71. The van der Waals surface area contributed by atoms with Crippen molar-refractivity contribution >= 4 is 17.9 Å². The van der Waals surface area contributed by atoms with E-state index in [0.717, 1.165) is 43.1 Å². The first kappa shape index (κ1) is 24.1. The van der Waals surface area contributed by atoms with Crippen LogP contribution in [0.1, 0.15) is 56.3 Å². The lowest BCUT2D eigenvalue weighted by Gasteiger charge is -2.30. The van der Waals surface area contributed by atoms with Crippen LogP contribution in [0.2, 0.25) is 25.7 Å². The van der Waals surface area contributed by atoms with E-state index in [2.05, 4.69) is 19.6 Å². The molecule has 1 aromatic heterocycles. The van der Waals surface area contributed by atoms with Crippen molar-refractivity contribution in [1.82, 2.24) is 0 Å². The fourth-order valence-corrected chi connectivity index (χ4v) is 8.40. The number of furan rings is 1. The molecule has 3 rings (SSSR count). The van der Waals surface area contributed by atoms with Gasteiger partial charge in [0.25, 0.3) is 0 Å². The van der Waals surface area contributed by atoms with E-state index in [1.807, 2.05) is 31.2 Å². The highest BCUT2D eigenvalue weighted by atomic mass is 32.2. The summed E-state index contributed by atoms with van der Waals surface area (Å²) in [7, 11) is -4.93. The average Bonchev–Trinajstić information content (AvgIpc) is 3.23. The van der Waals surface area contributed by atoms with Crippen molar-refractivity contribution < 1.29 is 12.8 Å². The van der Waals surface area contributed by atoms with Crippen molar-refractivity contribution in [2.75, 3.05) is 0 Å². The molecule has 0 saturated heterocycles. The Balaban J connectivity index is 1.99. The molecular weight excluding hydrogens is 420 g/mol. The van der Waals surface area contributed by atoms with Gasteiger partial charge in [-0.15, -0.1) is 0 Å². The van der Waals surface area contributed by atoms with Gasteiger partial charge in [0.2, 0.25) is 0 Å². The van der Waals surface area contributed by atoms with E-state index < -0.39 is 23.2 Å². The van der Waals surface area contributed by atoms with Gasteiger partial charge in [-0.2, -0.15) is 0 Å². The maximum atomic E-state index is 14.0. The van der Waals surface area contributed by atoms with E-state index in [9.17, 15) is 8.42 Å². The molecule has 1 aromatic carbocycles. The van der Waals surface area contributed by atoms with Crippen molar-refractivity contribution in [3.05, 3.63) is 65.1 Å². The van der Waals surface area contributed by atoms with Gasteiger partial charge in [-0.25, -0.2) is 8.42 Å². The number of aryl methyl sites for hydroxylation is 2. The van der Waals surface area contributed by atoms with Crippen LogP contribution in [0.3, 0.4) is 0 Å². The van der Waals surface area contributed by atoms with E-state index in [0.29, 0.717) is 11.3 Å². The smallest absolute Gasteiger partial charge is 0.185 e. The third kappa shape index (κ3) is 6.69. The Hall–Kier alpha value is -1.59. The molecule has 1 aliphatic carbocycles. The first-order valence-corrected chi connectivity index (χ1v) is 17.0. The molecule has 3 nitrogen and oxygen atoms in total. The summed E-state index contributed by atoms with van der Waals surface area (Å²) in [6, 6.07) is 12.3. The maximum Gasteiger partial charge on any atom is 0.185 e. The van der Waals surface area contributed by atoms with E-state index >= 15 is 0 Å². The van der Waals surface area contributed by atoms with Crippen molar-refractivity contribution in [3.63, 3.8) is 0 Å². The van der Waals surface area contributed by atoms with Crippen molar-refractivity contribution in [2.45, 2.75) is 94.1 Å². The SMILES string of the molecule is Cc1ccc(S(=O)(=O)C(CCCc2ccco2)C(C[Si](C)(C)C)=C2CCCCC2)cc1. The van der Waals surface area contributed by atoms with Crippen LogP contribution in [-0.4, -0.2) is 21.7 Å². The first-order chi connectivity index (χ1) is 14.7. The summed E-state index contributed by atoms with van der Waals surface area (Å²) in [5, 5.41) is -0.426. The zero-order valence-corrected chi connectivity index (χ0v) is 21.4. The highest BCUT2D eigenvalue weighted by molar-refractivity contribution is 7.92. The van der Waals surface area contributed by atoms with E-state index in [-0.39, 0.29) is 0 Å². The third-order valence-corrected chi connectivity index (χ3v) is 9.85. The Morgan fingerprint density at radius 3 is 2.29 bits per heavy atom. The van der Waals surface area contributed by atoms with E-state index in [1.165, 1.54) is 30.4 Å². The predicted molar refractivity (Wildman–Crippen MR) is 132 cm³/mol. The van der Waals surface area contributed by atoms with Gasteiger partial charge >= 0.3 is 0 Å². The maximum absolute atomic E-state index is 14.0. The quantitative estimate of drug-likeness (QED) is 0.291. The van der Waals surface area contributed by atoms with Gasteiger partial charge in [0.15, 0.2) is 9.84 Å². The Kier molecular flexibility index (Phi) is 8.03. The fraction of sp³-hybridized carbons (Fsp3) is 0.538.